The number of ether oxygens (including phenoxy) is 1. The number of carbonyl (C=O) groups excluding carboxylic acids is 1. The van der Waals surface area contributed by atoms with Gasteiger partial charge in [0, 0.05) is 54.2 Å². The fourth-order valence-electron chi connectivity index (χ4n) is 5.85. The SMILES string of the molecule is CCOC(=O)C1=C(C)N(C(C)N2CCNCC2c2ccc(Cl)cc2)C(C)=C(C(=O)O)C1c1cccc([N+](=O)[O-])c1. The smallest absolute Gasteiger partial charge is 0.336 e. The molecule has 2 heterocycles. The molecule has 3 atom stereocenters. The predicted octanol–water partition coefficient (Wildman–Crippen LogP) is 4.84. The van der Waals surface area contributed by atoms with Crippen molar-refractivity contribution in [1.82, 2.24) is 15.1 Å². The summed E-state index contributed by atoms with van der Waals surface area (Å²) in [6.45, 7) is 9.33. The Morgan fingerprint density at radius 3 is 2.45 bits per heavy atom. The second kappa shape index (κ2) is 12.2. The topological polar surface area (TPSA) is 125 Å². The Morgan fingerprint density at radius 2 is 1.82 bits per heavy atom. The molecule has 40 heavy (non-hydrogen) atoms. The van der Waals surface area contributed by atoms with Crippen LogP contribution >= 0.6 is 11.6 Å². The monoisotopic (exact) mass is 568 g/mol. The number of hydrogen-bond acceptors (Lipinski definition) is 8. The van der Waals surface area contributed by atoms with E-state index in [2.05, 4.69) is 10.2 Å². The highest BCUT2D eigenvalue weighted by molar-refractivity contribution is 6.30. The summed E-state index contributed by atoms with van der Waals surface area (Å²) >= 11 is 6.13. The van der Waals surface area contributed by atoms with Crippen molar-refractivity contribution in [2.24, 2.45) is 0 Å². The summed E-state index contributed by atoms with van der Waals surface area (Å²) < 4.78 is 5.41. The van der Waals surface area contributed by atoms with Crippen molar-refractivity contribution in [3.63, 3.8) is 0 Å². The number of esters is 1. The van der Waals surface area contributed by atoms with E-state index in [-0.39, 0.29) is 35.6 Å². The van der Waals surface area contributed by atoms with E-state index in [1.807, 2.05) is 36.1 Å². The second-order valence-corrected chi connectivity index (χ2v) is 10.3. The van der Waals surface area contributed by atoms with E-state index < -0.39 is 22.8 Å². The van der Waals surface area contributed by atoms with Gasteiger partial charge in [-0.05, 0) is 51.0 Å². The van der Waals surface area contributed by atoms with Gasteiger partial charge in [-0.2, -0.15) is 0 Å². The molecule has 2 aliphatic rings. The van der Waals surface area contributed by atoms with Gasteiger partial charge in [0.15, 0.2) is 0 Å². The normalized spacial score (nSPS) is 20.9. The Bertz CT molecular complexity index is 1370. The highest BCUT2D eigenvalue weighted by Gasteiger charge is 2.43. The Morgan fingerprint density at radius 1 is 1.15 bits per heavy atom. The fourth-order valence-corrected chi connectivity index (χ4v) is 5.97. The Hall–Kier alpha value is -3.73. The first-order valence-corrected chi connectivity index (χ1v) is 13.5. The van der Waals surface area contributed by atoms with Crippen LogP contribution in [0.4, 0.5) is 5.69 Å². The number of nitro benzene ring substituents is 1. The standard InChI is InChI=1S/C29H33ClN4O6/c1-5-40-29(37)26-18(3)33(19(4)32-14-13-31-16-24(32)20-9-11-22(30)12-10-20)17(2)25(28(35)36)27(26)21-7-6-8-23(15-21)34(38)39/h6-12,15,19,24,27,31H,5,13-14,16H2,1-4H3,(H,35,36). The minimum Gasteiger partial charge on any atom is -0.478 e. The molecular weight excluding hydrogens is 536 g/mol. The lowest BCUT2D eigenvalue weighted by molar-refractivity contribution is -0.384. The Kier molecular flexibility index (Phi) is 8.92. The van der Waals surface area contributed by atoms with Gasteiger partial charge in [-0.3, -0.25) is 15.0 Å². The maximum Gasteiger partial charge on any atom is 0.336 e. The number of piperazine rings is 1. The summed E-state index contributed by atoms with van der Waals surface area (Å²) in [7, 11) is 0. The molecule has 1 saturated heterocycles. The van der Waals surface area contributed by atoms with Crippen LogP contribution in [0.2, 0.25) is 5.02 Å². The van der Waals surface area contributed by atoms with Crippen LogP contribution in [0, 0.1) is 10.1 Å². The quantitative estimate of drug-likeness (QED) is 0.261. The van der Waals surface area contributed by atoms with Gasteiger partial charge in [-0.25, -0.2) is 9.59 Å². The second-order valence-electron chi connectivity index (χ2n) is 9.82. The van der Waals surface area contributed by atoms with E-state index in [9.17, 15) is 24.8 Å². The number of halogens is 1. The van der Waals surface area contributed by atoms with Gasteiger partial charge >= 0.3 is 11.9 Å². The van der Waals surface area contributed by atoms with E-state index in [4.69, 9.17) is 16.3 Å². The highest BCUT2D eigenvalue weighted by Crippen LogP contribution is 2.45. The zero-order chi connectivity index (χ0) is 29.1. The molecule has 3 unspecified atom stereocenters. The molecule has 0 aliphatic carbocycles. The van der Waals surface area contributed by atoms with Gasteiger partial charge in [0.25, 0.3) is 5.69 Å². The highest BCUT2D eigenvalue weighted by atomic mass is 35.5. The Labute approximate surface area is 238 Å². The van der Waals surface area contributed by atoms with Crippen molar-refractivity contribution in [2.75, 3.05) is 26.2 Å². The van der Waals surface area contributed by atoms with Gasteiger partial charge < -0.3 is 20.1 Å². The van der Waals surface area contributed by atoms with Gasteiger partial charge in [0.05, 0.1) is 34.8 Å². The summed E-state index contributed by atoms with van der Waals surface area (Å²) in [5, 5.41) is 26.1. The third-order valence-electron chi connectivity index (χ3n) is 7.61. The van der Waals surface area contributed by atoms with Crippen LogP contribution in [0.25, 0.3) is 0 Å². The molecule has 212 valence electrons. The van der Waals surface area contributed by atoms with Crippen LogP contribution in [0.1, 0.15) is 50.8 Å². The summed E-state index contributed by atoms with van der Waals surface area (Å²) in [5.41, 5.74) is 2.32. The number of carboxylic acid groups (broad SMARTS) is 1. The van der Waals surface area contributed by atoms with E-state index in [0.717, 1.165) is 12.1 Å². The molecule has 2 aromatic rings. The molecule has 0 aromatic heterocycles. The average molecular weight is 569 g/mol. The number of non-ortho nitro benzene ring substituents is 1. The maximum absolute atomic E-state index is 13.5. The van der Waals surface area contributed by atoms with Crippen LogP contribution in [-0.4, -0.2) is 64.2 Å². The fraction of sp³-hybridized carbons (Fsp3) is 0.379. The van der Waals surface area contributed by atoms with Crippen LogP contribution in [0.3, 0.4) is 0 Å². The number of carboxylic acids is 1. The first kappa shape index (κ1) is 29.3. The van der Waals surface area contributed by atoms with Crippen molar-refractivity contribution in [3.8, 4) is 0 Å². The summed E-state index contributed by atoms with van der Waals surface area (Å²) in [4.78, 5) is 41.4. The largest absolute Gasteiger partial charge is 0.478 e. The maximum atomic E-state index is 13.5. The van der Waals surface area contributed by atoms with Crippen LogP contribution < -0.4 is 5.32 Å². The van der Waals surface area contributed by atoms with E-state index in [0.29, 0.717) is 35.1 Å². The molecule has 0 bridgehead atoms. The summed E-state index contributed by atoms with van der Waals surface area (Å²) in [5.74, 6) is -2.92. The zero-order valence-electron chi connectivity index (χ0n) is 22.9. The molecule has 0 amide bonds. The van der Waals surface area contributed by atoms with Crippen molar-refractivity contribution in [1.29, 1.82) is 0 Å². The lowest BCUT2D eigenvalue weighted by atomic mass is 9.79. The van der Waals surface area contributed by atoms with Gasteiger partial charge in [-0.15, -0.1) is 0 Å². The van der Waals surface area contributed by atoms with E-state index >= 15 is 0 Å². The van der Waals surface area contributed by atoms with Gasteiger partial charge in [-0.1, -0.05) is 35.9 Å². The lowest BCUT2D eigenvalue weighted by Gasteiger charge is -2.48. The molecule has 11 heteroatoms. The summed E-state index contributed by atoms with van der Waals surface area (Å²) in [6, 6.07) is 13.4. The predicted molar refractivity (Wildman–Crippen MR) is 151 cm³/mol. The van der Waals surface area contributed by atoms with E-state index in [1.165, 1.54) is 18.2 Å². The van der Waals surface area contributed by atoms with Gasteiger partial charge in [0.2, 0.25) is 0 Å². The minimum atomic E-state index is -1.21. The van der Waals surface area contributed by atoms with Crippen LogP contribution in [0.15, 0.2) is 71.1 Å². The van der Waals surface area contributed by atoms with Crippen molar-refractivity contribution in [3.05, 3.63) is 97.3 Å². The first-order valence-electron chi connectivity index (χ1n) is 13.1. The van der Waals surface area contributed by atoms with E-state index in [1.54, 1.807) is 26.8 Å². The number of carbonyl (C=O) groups is 2. The third kappa shape index (κ3) is 5.60. The van der Waals surface area contributed by atoms with Gasteiger partial charge in [0.1, 0.15) is 0 Å². The number of hydrogen-bond donors (Lipinski definition) is 2. The molecule has 0 spiro atoms. The molecule has 2 aromatic carbocycles. The van der Waals surface area contributed by atoms with Crippen LogP contribution in [-0.2, 0) is 14.3 Å². The summed E-state index contributed by atoms with van der Waals surface area (Å²) in [6.07, 6.45) is -0.340. The number of rotatable bonds is 8. The molecule has 2 aliphatic heterocycles. The molecular formula is C29H33ClN4O6. The molecule has 4 rings (SSSR count). The average Bonchev–Trinajstić information content (AvgIpc) is 2.93. The number of benzene rings is 2. The molecule has 1 fully saturated rings. The molecule has 0 saturated carbocycles. The van der Waals surface area contributed by atoms with Crippen molar-refractivity contribution < 1.29 is 24.4 Å². The molecule has 0 radical (unpaired) electrons. The number of nitrogens with zero attached hydrogens (tertiary/aromatic N) is 3. The molecule has 10 nitrogen and oxygen atoms in total. The minimum absolute atomic E-state index is 0.0285. The lowest BCUT2D eigenvalue weighted by Crippen LogP contribution is -2.55. The number of nitro groups is 1. The molecule has 2 N–H and O–H groups in total. The number of aliphatic carboxylic acids is 1. The van der Waals surface area contributed by atoms with Crippen LogP contribution in [0.5, 0.6) is 0 Å². The Balaban J connectivity index is 1.87. The van der Waals surface area contributed by atoms with Crippen molar-refractivity contribution >= 4 is 29.2 Å². The third-order valence-corrected chi connectivity index (χ3v) is 7.86. The number of allylic oxidation sites excluding steroid dienone is 2. The number of nitrogens with one attached hydrogen (secondary N) is 1. The zero-order valence-corrected chi connectivity index (χ0v) is 23.6. The first-order chi connectivity index (χ1) is 19.1. The van der Waals surface area contributed by atoms with Crippen molar-refractivity contribution in [2.45, 2.75) is 45.8 Å².